The third-order valence-electron chi connectivity index (χ3n) is 3.44. The maximum atomic E-state index is 11.2. The largest absolute Gasteiger partial charge is 0.481 e. The molecule has 0 atom stereocenters. The van der Waals surface area contributed by atoms with E-state index in [9.17, 15) is 9.90 Å². The van der Waals surface area contributed by atoms with Gasteiger partial charge in [-0.15, -0.1) is 22.7 Å². The third kappa shape index (κ3) is 3.61. The van der Waals surface area contributed by atoms with Crippen LogP contribution in [-0.2, 0) is 11.2 Å². The Balaban J connectivity index is 2.02. The van der Waals surface area contributed by atoms with Gasteiger partial charge < -0.3 is 10.0 Å². The first-order valence-electron chi connectivity index (χ1n) is 7.18. The SMILES string of the molecule is CN(C)c1ccc(-c2cc(CC(=O)O)c(-c3ccc(Cl)s3)s2)cn1. The molecule has 0 bridgehead atoms. The molecular formula is C17H15ClN2O2S2. The second-order valence-electron chi connectivity index (χ2n) is 5.44. The summed E-state index contributed by atoms with van der Waals surface area (Å²) in [6.07, 6.45) is 1.81. The first-order chi connectivity index (χ1) is 11.4. The Morgan fingerprint density at radius 2 is 2.00 bits per heavy atom. The summed E-state index contributed by atoms with van der Waals surface area (Å²) in [6.45, 7) is 0. The molecule has 0 amide bonds. The Morgan fingerprint density at radius 1 is 1.21 bits per heavy atom. The summed E-state index contributed by atoms with van der Waals surface area (Å²) in [6, 6.07) is 9.66. The van der Waals surface area contributed by atoms with Crippen LogP contribution in [0, 0.1) is 0 Å². The van der Waals surface area contributed by atoms with Crippen molar-refractivity contribution in [2.45, 2.75) is 6.42 Å². The molecule has 0 aliphatic carbocycles. The normalized spacial score (nSPS) is 10.8. The topological polar surface area (TPSA) is 53.4 Å². The van der Waals surface area contributed by atoms with E-state index in [0.29, 0.717) is 4.34 Å². The maximum Gasteiger partial charge on any atom is 0.307 e. The lowest BCUT2D eigenvalue weighted by molar-refractivity contribution is -0.136. The van der Waals surface area contributed by atoms with Crippen LogP contribution in [0.1, 0.15) is 5.56 Å². The highest BCUT2D eigenvalue weighted by molar-refractivity contribution is 7.25. The lowest BCUT2D eigenvalue weighted by Gasteiger charge is -2.10. The van der Waals surface area contributed by atoms with E-state index >= 15 is 0 Å². The van der Waals surface area contributed by atoms with E-state index < -0.39 is 5.97 Å². The number of carboxylic acid groups (broad SMARTS) is 1. The molecular weight excluding hydrogens is 364 g/mol. The van der Waals surface area contributed by atoms with Gasteiger partial charge in [0.15, 0.2) is 0 Å². The minimum absolute atomic E-state index is 0.00936. The van der Waals surface area contributed by atoms with Gasteiger partial charge in [0.05, 0.1) is 10.8 Å². The van der Waals surface area contributed by atoms with E-state index in [4.69, 9.17) is 11.6 Å². The summed E-state index contributed by atoms with van der Waals surface area (Å²) >= 11 is 9.06. The van der Waals surface area contributed by atoms with Crippen molar-refractivity contribution in [2.75, 3.05) is 19.0 Å². The Kier molecular flexibility index (Phi) is 4.89. The summed E-state index contributed by atoms with van der Waals surface area (Å²) in [5, 5.41) is 9.18. The molecule has 3 aromatic heterocycles. The van der Waals surface area contributed by atoms with Crippen molar-refractivity contribution in [1.82, 2.24) is 4.98 Å². The zero-order chi connectivity index (χ0) is 17.3. The number of rotatable bonds is 5. The van der Waals surface area contributed by atoms with Crippen LogP contribution in [0.2, 0.25) is 4.34 Å². The van der Waals surface area contributed by atoms with Crippen molar-refractivity contribution in [3.05, 3.63) is 46.4 Å². The summed E-state index contributed by atoms with van der Waals surface area (Å²) in [5.41, 5.74) is 1.78. The Bertz CT molecular complexity index is 869. The molecule has 0 aromatic carbocycles. The molecule has 0 aliphatic rings. The number of carboxylic acids is 1. The van der Waals surface area contributed by atoms with Crippen LogP contribution >= 0.6 is 34.3 Å². The molecule has 3 aromatic rings. The van der Waals surface area contributed by atoms with Gasteiger partial charge in [0.1, 0.15) is 5.82 Å². The van der Waals surface area contributed by atoms with Crippen LogP contribution in [0.5, 0.6) is 0 Å². The van der Waals surface area contributed by atoms with E-state index in [-0.39, 0.29) is 6.42 Å². The van der Waals surface area contributed by atoms with E-state index in [2.05, 4.69) is 4.98 Å². The maximum absolute atomic E-state index is 11.2. The zero-order valence-corrected chi connectivity index (χ0v) is 15.5. The van der Waals surface area contributed by atoms with Gasteiger partial charge in [0, 0.05) is 40.5 Å². The van der Waals surface area contributed by atoms with E-state index in [1.165, 1.54) is 11.3 Å². The highest BCUT2D eigenvalue weighted by atomic mass is 35.5. The zero-order valence-electron chi connectivity index (χ0n) is 13.1. The second kappa shape index (κ2) is 6.93. The molecule has 7 heteroatoms. The van der Waals surface area contributed by atoms with E-state index in [0.717, 1.165) is 31.6 Å². The quantitative estimate of drug-likeness (QED) is 0.687. The molecule has 1 N–H and O–H groups in total. The molecule has 3 heterocycles. The van der Waals surface area contributed by atoms with Gasteiger partial charge in [0.2, 0.25) is 0 Å². The van der Waals surface area contributed by atoms with Crippen molar-refractivity contribution in [2.24, 2.45) is 0 Å². The number of nitrogens with zero attached hydrogens (tertiary/aromatic N) is 2. The summed E-state index contributed by atoms with van der Waals surface area (Å²) in [4.78, 5) is 20.5. The molecule has 0 saturated heterocycles. The van der Waals surface area contributed by atoms with Gasteiger partial charge in [-0.2, -0.15) is 0 Å². The van der Waals surface area contributed by atoms with Crippen molar-refractivity contribution in [3.8, 4) is 20.2 Å². The minimum Gasteiger partial charge on any atom is -0.481 e. The number of hydrogen-bond acceptors (Lipinski definition) is 5. The van der Waals surface area contributed by atoms with Crippen molar-refractivity contribution in [1.29, 1.82) is 0 Å². The van der Waals surface area contributed by atoms with Crippen LogP contribution in [-0.4, -0.2) is 30.2 Å². The first-order valence-corrected chi connectivity index (χ1v) is 9.19. The highest BCUT2D eigenvalue weighted by Crippen LogP contribution is 2.42. The Hall–Kier alpha value is -1.89. The standard InChI is InChI=1S/C17H15ClN2O2S2/c1-20(2)15-6-3-10(9-19-15)13-7-11(8-16(21)22)17(24-13)12-4-5-14(18)23-12/h3-7,9H,8H2,1-2H3,(H,21,22). The molecule has 0 radical (unpaired) electrons. The number of anilines is 1. The Labute approximate surface area is 153 Å². The fraction of sp³-hybridized carbons (Fsp3) is 0.176. The van der Waals surface area contributed by atoms with Gasteiger partial charge >= 0.3 is 5.97 Å². The number of pyridine rings is 1. The van der Waals surface area contributed by atoms with E-state index in [1.807, 2.05) is 55.5 Å². The van der Waals surface area contributed by atoms with Gasteiger partial charge in [-0.05, 0) is 35.9 Å². The fourth-order valence-electron chi connectivity index (χ4n) is 2.31. The molecule has 24 heavy (non-hydrogen) atoms. The van der Waals surface area contributed by atoms with Crippen molar-refractivity contribution >= 4 is 46.1 Å². The number of thiophene rings is 2. The molecule has 0 fully saturated rings. The molecule has 0 spiro atoms. The van der Waals surface area contributed by atoms with Gasteiger partial charge in [-0.3, -0.25) is 4.79 Å². The smallest absolute Gasteiger partial charge is 0.307 e. The van der Waals surface area contributed by atoms with Crippen LogP contribution in [0.4, 0.5) is 5.82 Å². The second-order valence-corrected chi connectivity index (χ2v) is 8.21. The van der Waals surface area contributed by atoms with Gasteiger partial charge in [-0.25, -0.2) is 4.98 Å². The van der Waals surface area contributed by atoms with Crippen LogP contribution in [0.3, 0.4) is 0 Å². The monoisotopic (exact) mass is 378 g/mol. The summed E-state index contributed by atoms with van der Waals surface area (Å²) in [5.74, 6) is 0.0376. The number of carbonyl (C=O) groups is 1. The molecule has 124 valence electrons. The molecule has 0 unspecified atom stereocenters. The summed E-state index contributed by atoms with van der Waals surface area (Å²) < 4.78 is 0.693. The number of halogens is 1. The Morgan fingerprint density at radius 3 is 2.54 bits per heavy atom. The van der Waals surface area contributed by atoms with Gasteiger partial charge in [-0.1, -0.05) is 11.6 Å². The van der Waals surface area contributed by atoms with Crippen molar-refractivity contribution in [3.63, 3.8) is 0 Å². The van der Waals surface area contributed by atoms with Gasteiger partial charge in [0.25, 0.3) is 0 Å². The first kappa shape index (κ1) is 17.0. The lowest BCUT2D eigenvalue weighted by Crippen LogP contribution is -2.09. The predicted octanol–water partition coefficient (Wildman–Crippen LogP) is 4.89. The molecule has 4 nitrogen and oxygen atoms in total. The predicted molar refractivity (Wildman–Crippen MR) is 102 cm³/mol. The highest BCUT2D eigenvalue weighted by Gasteiger charge is 2.16. The van der Waals surface area contributed by atoms with E-state index in [1.54, 1.807) is 11.3 Å². The number of aliphatic carboxylic acids is 1. The van der Waals surface area contributed by atoms with Crippen LogP contribution in [0.15, 0.2) is 36.5 Å². The van der Waals surface area contributed by atoms with Crippen LogP contribution < -0.4 is 4.90 Å². The minimum atomic E-state index is -0.843. The van der Waals surface area contributed by atoms with Crippen molar-refractivity contribution < 1.29 is 9.90 Å². The lowest BCUT2D eigenvalue weighted by atomic mass is 10.1. The fourth-order valence-corrected chi connectivity index (χ4v) is 4.67. The summed E-state index contributed by atoms with van der Waals surface area (Å²) in [7, 11) is 3.88. The van der Waals surface area contributed by atoms with Crippen LogP contribution in [0.25, 0.3) is 20.2 Å². The number of hydrogen-bond donors (Lipinski definition) is 1. The average Bonchev–Trinajstić information content (AvgIpc) is 3.13. The average molecular weight is 379 g/mol. The third-order valence-corrected chi connectivity index (χ3v) is 6.08. The number of aromatic nitrogens is 1. The molecule has 0 saturated carbocycles. The molecule has 0 aliphatic heterocycles. The molecule has 3 rings (SSSR count).